The normalized spacial score (nSPS) is 11.1. The lowest BCUT2D eigenvalue weighted by Crippen LogP contribution is -2.17. The van der Waals surface area contributed by atoms with E-state index in [1.165, 1.54) is 16.8 Å². The molecule has 0 unspecified atom stereocenters. The van der Waals surface area contributed by atoms with E-state index >= 15 is 0 Å². The molecule has 1 N–H and O–H groups in total. The van der Waals surface area contributed by atoms with Gasteiger partial charge in [-0.25, -0.2) is 5.43 Å². The molecule has 0 aliphatic carbocycles. The van der Waals surface area contributed by atoms with E-state index in [0.717, 1.165) is 22.5 Å². The van der Waals surface area contributed by atoms with Gasteiger partial charge in [-0.2, -0.15) is 5.10 Å². The quantitative estimate of drug-likeness (QED) is 0.529. The van der Waals surface area contributed by atoms with Crippen LogP contribution in [0.15, 0.2) is 53.6 Å². The van der Waals surface area contributed by atoms with Crippen LogP contribution in [0.5, 0.6) is 0 Å². The summed E-state index contributed by atoms with van der Waals surface area (Å²) >= 11 is 0. The zero-order chi connectivity index (χ0) is 19.6. The summed E-state index contributed by atoms with van der Waals surface area (Å²) < 4.78 is 2.24. The maximum absolute atomic E-state index is 12.2. The number of hydrazone groups is 1. The van der Waals surface area contributed by atoms with E-state index in [4.69, 9.17) is 0 Å². The minimum absolute atomic E-state index is 0.210. The monoisotopic (exact) mass is 359 g/mol. The summed E-state index contributed by atoms with van der Waals surface area (Å²) in [7, 11) is 0. The Kier molecular flexibility index (Phi) is 5.26. The van der Waals surface area contributed by atoms with Crippen LogP contribution in [0.2, 0.25) is 0 Å². The molecule has 0 aliphatic rings. The molecule has 0 saturated heterocycles. The van der Waals surface area contributed by atoms with Gasteiger partial charge in [-0.05, 0) is 63.9 Å². The van der Waals surface area contributed by atoms with Crippen molar-refractivity contribution in [1.82, 2.24) is 9.99 Å². The Morgan fingerprint density at radius 2 is 1.63 bits per heavy atom. The molecule has 4 nitrogen and oxygen atoms in total. The van der Waals surface area contributed by atoms with Crippen molar-refractivity contribution in [2.45, 2.75) is 34.6 Å². The summed E-state index contributed by atoms with van der Waals surface area (Å²) in [5.41, 5.74) is 11.1. The van der Waals surface area contributed by atoms with Gasteiger partial charge in [-0.3, -0.25) is 4.79 Å². The number of amides is 1. The number of hydrogen-bond donors (Lipinski definition) is 1. The summed E-state index contributed by atoms with van der Waals surface area (Å²) in [5.74, 6) is -0.210. The van der Waals surface area contributed by atoms with Gasteiger partial charge >= 0.3 is 0 Å². The number of benzene rings is 2. The van der Waals surface area contributed by atoms with Crippen LogP contribution in [0, 0.1) is 34.6 Å². The molecule has 0 aliphatic heterocycles. The molecule has 138 valence electrons. The highest BCUT2D eigenvalue weighted by Crippen LogP contribution is 2.25. The lowest BCUT2D eigenvalue weighted by molar-refractivity contribution is 0.0955. The van der Waals surface area contributed by atoms with Crippen molar-refractivity contribution < 1.29 is 4.79 Å². The summed E-state index contributed by atoms with van der Waals surface area (Å²) in [4.78, 5) is 12.2. The Bertz CT molecular complexity index is 1010. The summed E-state index contributed by atoms with van der Waals surface area (Å²) in [6, 6.07) is 15.9. The maximum Gasteiger partial charge on any atom is 0.271 e. The van der Waals surface area contributed by atoms with Gasteiger partial charge in [-0.1, -0.05) is 35.9 Å². The van der Waals surface area contributed by atoms with Gasteiger partial charge < -0.3 is 4.57 Å². The van der Waals surface area contributed by atoms with Crippen molar-refractivity contribution in [3.8, 4) is 5.69 Å². The first kappa shape index (κ1) is 18.6. The second-order valence-corrected chi connectivity index (χ2v) is 6.97. The number of aromatic nitrogens is 1. The molecule has 1 aromatic heterocycles. The second kappa shape index (κ2) is 7.62. The highest BCUT2D eigenvalue weighted by atomic mass is 16.2. The van der Waals surface area contributed by atoms with Crippen molar-refractivity contribution in [2.75, 3.05) is 0 Å². The predicted molar refractivity (Wildman–Crippen MR) is 111 cm³/mol. The van der Waals surface area contributed by atoms with Crippen molar-refractivity contribution in [1.29, 1.82) is 0 Å². The van der Waals surface area contributed by atoms with Crippen LogP contribution in [-0.4, -0.2) is 16.7 Å². The molecule has 3 rings (SSSR count). The maximum atomic E-state index is 12.2. The molecule has 0 bridgehead atoms. The first-order valence-corrected chi connectivity index (χ1v) is 9.04. The Morgan fingerprint density at radius 3 is 2.30 bits per heavy atom. The van der Waals surface area contributed by atoms with Crippen LogP contribution in [0.3, 0.4) is 0 Å². The molecular weight excluding hydrogens is 334 g/mol. The van der Waals surface area contributed by atoms with Gasteiger partial charge in [-0.15, -0.1) is 0 Å². The Labute approximate surface area is 160 Å². The Hall–Kier alpha value is -3.14. The Morgan fingerprint density at radius 1 is 0.963 bits per heavy atom. The first-order chi connectivity index (χ1) is 12.9. The fourth-order valence-corrected chi connectivity index (χ4v) is 3.43. The van der Waals surface area contributed by atoms with Crippen molar-refractivity contribution >= 4 is 12.1 Å². The van der Waals surface area contributed by atoms with Crippen LogP contribution in [0.4, 0.5) is 0 Å². The van der Waals surface area contributed by atoms with Crippen LogP contribution in [0.25, 0.3) is 5.69 Å². The van der Waals surface area contributed by atoms with Gasteiger partial charge in [0.25, 0.3) is 5.91 Å². The number of carbonyl (C=O) groups excluding carboxylic acids is 1. The summed E-state index contributed by atoms with van der Waals surface area (Å²) in [5, 5.41) is 4.16. The molecule has 0 atom stereocenters. The number of hydrogen-bond acceptors (Lipinski definition) is 2. The topological polar surface area (TPSA) is 46.4 Å². The average molecular weight is 359 g/mol. The molecule has 1 heterocycles. The number of carbonyl (C=O) groups is 1. The third kappa shape index (κ3) is 3.85. The van der Waals surface area contributed by atoms with E-state index in [9.17, 15) is 4.79 Å². The fourth-order valence-electron chi connectivity index (χ4n) is 3.43. The van der Waals surface area contributed by atoms with E-state index in [-0.39, 0.29) is 5.91 Å². The average Bonchev–Trinajstić information content (AvgIpc) is 2.89. The molecule has 4 heteroatoms. The summed E-state index contributed by atoms with van der Waals surface area (Å²) in [6.45, 7) is 10.4. The van der Waals surface area contributed by atoms with Gasteiger partial charge in [0, 0.05) is 22.5 Å². The van der Waals surface area contributed by atoms with E-state index in [2.05, 4.69) is 67.1 Å². The third-order valence-corrected chi connectivity index (χ3v) is 4.78. The van der Waals surface area contributed by atoms with Crippen LogP contribution >= 0.6 is 0 Å². The zero-order valence-corrected chi connectivity index (χ0v) is 16.5. The van der Waals surface area contributed by atoms with Crippen molar-refractivity contribution in [3.63, 3.8) is 0 Å². The van der Waals surface area contributed by atoms with Gasteiger partial charge in [0.05, 0.1) is 11.9 Å². The van der Waals surface area contributed by atoms with Gasteiger partial charge in [0.2, 0.25) is 0 Å². The van der Waals surface area contributed by atoms with Gasteiger partial charge in [0.1, 0.15) is 0 Å². The molecule has 0 radical (unpaired) electrons. The second-order valence-electron chi connectivity index (χ2n) is 6.97. The molecule has 0 fully saturated rings. The molecular formula is C23H25N3O. The molecule has 27 heavy (non-hydrogen) atoms. The largest absolute Gasteiger partial charge is 0.317 e. The molecule has 1 amide bonds. The molecule has 3 aromatic rings. The number of rotatable bonds is 4. The molecule has 0 saturated carbocycles. The van der Waals surface area contributed by atoms with E-state index < -0.39 is 0 Å². The van der Waals surface area contributed by atoms with Gasteiger partial charge in [0.15, 0.2) is 0 Å². The van der Waals surface area contributed by atoms with Crippen LogP contribution in [0.1, 0.15) is 44.0 Å². The number of nitrogens with one attached hydrogen (secondary N) is 1. The third-order valence-electron chi connectivity index (χ3n) is 4.78. The minimum atomic E-state index is -0.210. The van der Waals surface area contributed by atoms with E-state index in [1.54, 1.807) is 12.3 Å². The lowest BCUT2D eigenvalue weighted by Gasteiger charge is -2.15. The van der Waals surface area contributed by atoms with E-state index in [1.807, 2.05) is 25.1 Å². The molecule has 0 spiro atoms. The highest BCUT2D eigenvalue weighted by Gasteiger charge is 2.13. The molecule has 2 aromatic carbocycles. The van der Waals surface area contributed by atoms with Crippen molar-refractivity contribution in [3.05, 3.63) is 87.7 Å². The SMILES string of the molecule is Cc1cccc(C(=O)N/N=C\c2cc(C)n(-c3c(C)cccc3C)c2C)c1. The zero-order valence-electron chi connectivity index (χ0n) is 16.5. The number of para-hydroxylation sites is 1. The predicted octanol–water partition coefficient (Wildman–Crippen LogP) is 4.78. The summed E-state index contributed by atoms with van der Waals surface area (Å²) in [6.07, 6.45) is 1.71. The fraction of sp³-hybridized carbons (Fsp3) is 0.217. The number of aryl methyl sites for hydroxylation is 4. The van der Waals surface area contributed by atoms with Crippen LogP contribution in [-0.2, 0) is 0 Å². The Balaban J connectivity index is 1.85. The van der Waals surface area contributed by atoms with E-state index in [0.29, 0.717) is 5.56 Å². The highest BCUT2D eigenvalue weighted by molar-refractivity contribution is 5.95. The van der Waals surface area contributed by atoms with Crippen molar-refractivity contribution in [2.24, 2.45) is 5.10 Å². The standard InChI is InChI=1S/C23H25N3O/c1-15-8-6-11-20(12-15)23(27)25-24-14-21-13-18(4)26(19(21)5)22-16(2)9-7-10-17(22)3/h6-14H,1-5H3,(H,25,27)/b24-14-. The number of nitrogens with zero attached hydrogens (tertiary/aromatic N) is 2. The first-order valence-electron chi connectivity index (χ1n) is 9.04. The minimum Gasteiger partial charge on any atom is -0.317 e. The smallest absolute Gasteiger partial charge is 0.271 e. The lowest BCUT2D eigenvalue weighted by atomic mass is 10.1. The van der Waals surface area contributed by atoms with Crippen LogP contribution < -0.4 is 5.43 Å².